The van der Waals surface area contributed by atoms with Gasteiger partial charge in [0.15, 0.2) is 0 Å². The average Bonchev–Trinajstić information content (AvgIpc) is 2.68. The Balaban J connectivity index is 2.00. The van der Waals surface area contributed by atoms with Crippen LogP contribution in [-0.4, -0.2) is 69.0 Å². The monoisotopic (exact) mass is 398 g/mol. The Kier molecular flexibility index (Phi) is 5.63. The number of nitrogens with one attached hydrogen (secondary N) is 1. The molecular formula is C16H22N4O6S. The molecule has 1 atom stereocenters. The maximum Gasteiger partial charge on any atom is 0.293 e. The Bertz CT molecular complexity index is 837. The summed E-state index contributed by atoms with van der Waals surface area (Å²) in [6.07, 6.45) is 0.483. The quantitative estimate of drug-likeness (QED) is 0.560. The highest BCUT2D eigenvalue weighted by Crippen LogP contribution is 2.34. The fourth-order valence-corrected chi connectivity index (χ4v) is 4.83. The number of morpholine rings is 1. The van der Waals surface area contributed by atoms with Crippen molar-refractivity contribution in [1.82, 2.24) is 9.62 Å². The molecule has 148 valence electrons. The van der Waals surface area contributed by atoms with Crippen molar-refractivity contribution in [2.45, 2.75) is 24.3 Å². The topological polar surface area (TPSA) is 122 Å². The Morgan fingerprint density at radius 1 is 1.30 bits per heavy atom. The van der Waals surface area contributed by atoms with E-state index in [-0.39, 0.29) is 35.3 Å². The predicted molar refractivity (Wildman–Crippen MR) is 97.1 cm³/mol. The lowest BCUT2D eigenvalue weighted by molar-refractivity contribution is -0.384. The second-order valence-electron chi connectivity index (χ2n) is 6.33. The molecule has 1 N–H and O–H groups in total. The maximum absolute atomic E-state index is 12.8. The van der Waals surface area contributed by atoms with Crippen molar-refractivity contribution >= 4 is 27.3 Å². The SMILES string of the molecule is CC[C@@H]1C(=O)NCCN1c1ccc(S(=O)(=O)N2CCOCC2)cc1[N+](=O)[O-]. The lowest BCUT2D eigenvalue weighted by Crippen LogP contribution is -2.55. The zero-order valence-electron chi connectivity index (χ0n) is 15.0. The number of carbonyl (C=O) groups excluding carboxylic acids is 1. The van der Waals surface area contributed by atoms with E-state index in [1.54, 1.807) is 4.90 Å². The van der Waals surface area contributed by atoms with E-state index < -0.39 is 21.0 Å². The zero-order valence-corrected chi connectivity index (χ0v) is 15.8. The Morgan fingerprint density at radius 2 is 2.00 bits per heavy atom. The molecule has 0 radical (unpaired) electrons. The number of amides is 1. The van der Waals surface area contributed by atoms with E-state index in [2.05, 4.69) is 5.32 Å². The van der Waals surface area contributed by atoms with Crippen LogP contribution in [-0.2, 0) is 19.6 Å². The van der Waals surface area contributed by atoms with Crippen LogP contribution in [0.3, 0.4) is 0 Å². The number of ether oxygens (including phenoxy) is 1. The second-order valence-corrected chi connectivity index (χ2v) is 8.27. The molecule has 2 saturated heterocycles. The van der Waals surface area contributed by atoms with Gasteiger partial charge in [0.05, 0.1) is 23.0 Å². The standard InChI is InChI=1S/C16H22N4O6S/c1-2-13-16(21)17-5-6-19(13)14-4-3-12(11-15(14)20(22)23)27(24,25)18-7-9-26-10-8-18/h3-4,11,13H,2,5-10H2,1H3,(H,17,21)/t13-/m1/s1. The summed E-state index contributed by atoms with van der Waals surface area (Å²) >= 11 is 0. The molecule has 0 saturated carbocycles. The van der Waals surface area contributed by atoms with Crippen LogP contribution in [0.2, 0.25) is 0 Å². The summed E-state index contributed by atoms with van der Waals surface area (Å²) in [4.78, 5) is 24.7. The number of nitro groups is 1. The van der Waals surface area contributed by atoms with Crippen molar-refractivity contribution in [3.8, 4) is 0 Å². The third kappa shape index (κ3) is 3.75. The highest BCUT2D eigenvalue weighted by Gasteiger charge is 2.34. The molecule has 1 aromatic rings. The third-order valence-electron chi connectivity index (χ3n) is 4.78. The molecule has 0 aromatic heterocycles. The van der Waals surface area contributed by atoms with Crippen LogP contribution in [0.5, 0.6) is 0 Å². The largest absolute Gasteiger partial charge is 0.379 e. The number of carbonyl (C=O) groups is 1. The first-order chi connectivity index (χ1) is 12.9. The van der Waals surface area contributed by atoms with Gasteiger partial charge in [0.25, 0.3) is 5.69 Å². The number of anilines is 1. The highest BCUT2D eigenvalue weighted by molar-refractivity contribution is 7.89. The molecule has 0 unspecified atom stereocenters. The van der Waals surface area contributed by atoms with Gasteiger partial charge in [0, 0.05) is 32.2 Å². The van der Waals surface area contributed by atoms with Crippen LogP contribution in [0.4, 0.5) is 11.4 Å². The van der Waals surface area contributed by atoms with Crippen molar-refractivity contribution in [1.29, 1.82) is 0 Å². The first-order valence-electron chi connectivity index (χ1n) is 8.77. The number of sulfonamides is 1. The molecule has 3 rings (SSSR count). The molecule has 2 heterocycles. The lowest BCUT2D eigenvalue weighted by atomic mass is 10.1. The van der Waals surface area contributed by atoms with Gasteiger partial charge in [-0.15, -0.1) is 0 Å². The fraction of sp³-hybridized carbons (Fsp3) is 0.562. The molecule has 0 aliphatic carbocycles. The Morgan fingerprint density at radius 3 is 2.63 bits per heavy atom. The van der Waals surface area contributed by atoms with Gasteiger partial charge >= 0.3 is 0 Å². The normalized spacial score (nSPS) is 21.7. The summed E-state index contributed by atoms with van der Waals surface area (Å²) in [6, 6.07) is 3.34. The first-order valence-corrected chi connectivity index (χ1v) is 10.2. The van der Waals surface area contributed by atoms with Crippen molar-refractivity contribution < 1.29 is 22.9 Å². The van der Waals surface area contributed by atoms with Gasteiger partial charge in [-0.3, -0.25) is 14.9 Å². The summed E-state index contributed by atoms with van der Waals surface area (Å²) < 4.78 is 32.0. The van der Waals surface area contributed by atoms with E-state index in [0.717, 1.165) is 6.07 Å². The fourth-order valence-electron chi connectivity index (χ4n) is 3.40. The molecule has 11 heteroatoms. The van der Waals surface area contributed by atoms with Gasteiger partial charge in [0.2, 0.25) is 15.9 Å². The van der Waals surface area contributed by atoms with Crippen LogP contribution in [0.25, 0.3) is 0 Å². The molecule has 10 nitrogen and oxygen atoms in total. The van der Waals surface area contributed by atoms with Gasteiger partial charge in [-0.1, -0.05) is 6.92 Å². The summed E-state index contributed by atoms with van der Waals surface area (Å²) in [5.41, 5.74) is -0.0693. The van der Waals surface area contributed by atoms with Crippen molar-refractivity contribution in [2.24, 2.45) is 0 Å². The second kappa shape index (κ2) is 7.79. The van der Waals surface area contributed by atoms with E-state index in [1.807, 2.05) is 6.92 Å². The number of nitro benzene ring substituents is 1. The van der Waals surface area contributed by atoms with Crippen molar-refractivity contribution in [2.75, 3.05) is 44.3 Å². The van der Waals surface area contributed by atoms with Gasteiger partial charge in [0.1, 0.15) is 11.7 Å². The van der Waals surface area contributed by atoms with Crippen molar-refractivity contribution in [3.05, 3.63) is 28.3 Å². The molecule has 2 aliphatic rings. The maximum atomic E-state index is 12.8. The summed E-state index contributed by atoms with van der Waals surface area (Å²) in [5, 5.41) is 14.4. The zero-order chi connectivity index (χ0) is 19.6. The molecule has 2 fully saturated rings. The van der Waals surface area contributed by atoms with E-state index >= 15 is 0 Å². The van der Waals surface area contributed by atoms with E-state index in [9.17, 15) is 23.3 Å². The molecule has 0 spiro atoms. The van der Waals surface area contributed by atoms with Crippen LogP contribution >= 0.6 is 0 Å². The highest BCUT2D eigenvalue weighted by atomic mass is 32.2. The lowest BCUT2D eigenvalue weighted by Gasteiger charge is -2.36. The summed E-state index contributed by atoms with van der Waals surface area (Å²) in [5.74, 6) is -0.192. The molecule has 1 aromatic carbocycles. The van der Waals surface area contributed by atoms with Crippen LogP contribution < -0.4 is 10.2 Å². The minimum Gasteiger partial charge on any atom is -0.379 e. The minimum absolute atomic E-state index is 0.130. The van der Waals surface area contributed by atoms with Crippen LogP contribution in [0, 0.1) is 10.1 Å². The number of piperazine rings is 1. The average molecular weight is 398 g/mol. The number of hydrogen-bond acceptors (Lipinski definition) is 7. The third-order valence-corrected chi connectivity index (χ3v) is 6.67. The Hall–Kier alpha value is -2.24. The Labute approximate surface area is 157 Å². The van der Waals surface area contributed by atoms with Gasteiger partial charge in [-0.05, 0) is 18.6 Å². The van der Waals surface area contributed by atoms with Crippen LogP contribution in [0.1, 0.15) is 13.3 Å². The number of hydrogen-bond donors (Lipinski definition) is 1. The summed E-state index contributed by atoms with van der Waals surface area (Å²) in [7, 11) is -3.84. The summed E-state index contributed by atoms with van der Waals surface area (Å²) in [6.45, 7) is 3.62. The van der Waals surface area contributed by atoms with Gasteiger partial charge in [-0.2, -0.15) is 4.31 Å². The first kappa shape index (κ1) is 19.5. The molecule has 2 aliphatic heterocycles. The van der Waals surface area contributed by atoms with E-state index in [4.69, 9.17) is 4.74 Å². The number of rotatable bonds is 5. The van der Waals surface area contributed by atoms with E-state index in [0.29, 0.717) is 32.7 Å². The van der Waals surface area contributed by atoms with Crippen molar-refractivity contribution in [3.63, 3.8) is 0 Å². The molecule has 27 heavy (non-hydrogen) atoms. The number of benzene rings is 1. The van der Waals surface area contributed by atoms with Gasteiger partial charge < -0.3 is 15.0 Å². The molecule has 0 bridgehead atoms. The number of nitrogens with zero attached hydrogens (tertiary/aromatic N) is 3. The van der Waals surface area contributed by atoms with E-state index in [1.165, 1.54) is 16.4 Å². The minimum atomic E-state index is -3.84. The van der Waals surface area contributed by atoms with Gasteiger partial charge in [-0.25, -0.2) is 8.42 Å². The molecule has 1 amide bonds. The van der Waals surface area contributed by atoms with Crippen LogP contribution in [0.15, 0.2) is 23.1 Å². The smallest absolute Gasteiger partial charge is 0.293 e. The predicted octanol–water partition coefficient (Wildman–Crippen LogP) is 0.331. The molecular weight excluding hydrogens is 376 g/mol.